The maximum atomic E-state index is 13.3. The summed E-state index contributed by atoms with van der Waals surface area (Å²) in [6.45, 7) is 5.61. The van der Waals surface area contributed by atoms with Gasteiger partial charge < -0.3 is 9.64 Å². The summed E-state index contributed by atoms with van der Waals surface area (Å²) in [4.78, 5) is 15.1. The minimum atomic E-state index is -0.0860. The lowest BCUT2D eigenvalue weighted by molar-refractivity contribution is 0.0734. The summed E-state index contributed by atoms with van der Waals surface area (Å²) >= 11 is 6.58. The Morgan fingerprint density at radius 1 is 1.18 bits per heavy atom. The van der Waals surface area contributed by atoms with Gasteiger partial charge in [-0.3, -0.25) is 4.79 Å². The number of nitrogens with zero attached hydrogens (tertiary/aromatic N) is 3. The minimum Gasteiger partial charge on any atom is -0.494 e. The third-order valence-electron chi connectivity index (χ3n) is 5.01. The monoisotopic (exact) mass is 395 g/mol. The Bertz CT molecular complexity index is 1010. The van der Waals surface area contributed by atoms with Gasteiger partial charge in [-0.1, -0.05) is 35.9 Å². The van der Waals surface area contributed by atoms with Crippen LogP contribution in [0.2, 0.25) is 5.15 Å². The van der Waals surface area contributed by atoms with Crippen molar-refractivity contribution in [3.8, 4) is 11.4 Å². The van der Waals surface area contributed by atoms with Crippen molar-refractivity contribution in [3.05, 3.63) is 76.1 Å². The molecule has 0 spiro atoms. The predicted molar refractivity (Wildman–Crippen MR) is 109 cm³/mol. The molecule has 28 heavy (non-hydrogen) atoms. The standard InChI is InChI=1S/C22H22ClN3O2/c1-3-28-19-10-9-16-11-12-25(14-17(16)13-19)22(27)20-15(2)24-26(21(20)23)18-7-5-4-6-8-18/h4-10,13H,3,11-12,14H2,1-2H3. The minimum absolute atomic E-state index is 0.0860. The largest absolute Gasteiger partial charge is 0.494 e. The molecule has 1 amide bonds. The molecule has 2 aromatic carbocycles. The van der Waals surface area contributed by atoms with Crippen molar-refractivity contribution >= 4 is 17.5 Å². The Balaban J connectivity index is 1.62. The van der Waals surface area contributed by atoms with Crippen molar-refractivity contribution in [3.63, 3.8) is 0 Å². The average Bonchev–Trinajstić information content (AvgIpc) is 3.02. The molecule has 3 aromatic rings. The van der Waals surface area contributed by atoms with E-state index in [1.807, 2.05) is 61.2 Å². The van der Waals surface area contributed by atoms with Crippen molar-refractivity contribution in [2.45, 2.75) is 26.8 Å². The molecule has 0 N–H and O–H groups in total. The highest BCUT2D eigenvalue weighted by atomic mass is 35.5. The SMILES string of the molecule is CCOc1ccc2c(c1)CN(C(=O)c1c(C)nn(-c3ccccc3)c1Cl)CC2. The molecule has 5 nitrogen and oxygen atoms in total. The van der Waals surface area contributed by atoms with Crippen molar-refractivity contribution in [2.75, 3.05) is 13.2 Å². The number of hydrogen-bond acceptors (Lipinski definition) is 3. The van der Waals surface area contributed by atoms with E-state index in [2.05, 4.69) is 11.2 Å². The highest BCUT2D eigenvalue weighted by molar-refractivity contribution is 6.33. The van der Waals surface area contributed by atoms with Gasteiger partial charge in [-0.2, -0.15) is 5.10 Å². The third kappa shape index (κ3) is 3.38. The lowest BCUT2D eigenvalue weighted by atomic mass is 9.99. The number of aryl methyl sites for hydroxylation is 1. The number of rotatable bonds is 4. The van der Waals surface area contributed by atoms with E-state index in [1.165, 1.54) is 5.56 Å². The van der Waals surface area contributed by atoms with Gasteiger partial charge in [-0.05, 0) is 55.7 Å². The van der Waals surface area contributed by atoms with Gasteiger partial charge >= 0.3 is 0 Å². The summed E-state index contributed by atoms with van der Waals surface area (Å²) in [5, 5.41) is 4.85. The number of carbonyl (C=O) groups is 1. The Labute approximate surface area is 169 Å². The molecular formula is C22H22ClN3O2. The first-order chi connectivity index (χ1) is 13.6. The quantitative estimate of drug-likeness (QED) is 0.656. The summed E-state index contributed by atoms with van der Waals surface area (Å²) in [5.41, 5.74) is 4.31. The van der Waals surface area contributed by atoms with Gasteiger partial charge in [0, 0.05) is 13.1 Å². The topological polar surface area (TPSA) is 47.4 Å². The van der Waals surface area contributed by atoms with Crippen LogP contribution in [0.5, 0.6) is 5.75 Å². The molecule has 1 aliphatic rings. The number of halogens is 1. The predicted octanol–water partition coefficient (Wildman–Crippen LogP) is 4.43. The summed E-state index contributed by atoms with van der Waals surface area (Å²) in [6.07, 6.45) is 0.816. The van der Waals surface area contributed by atoms with Crippen LogP contribution in [0, 0.1) is 6.92 Å². The smallest absolute Gasteiger partial charge is 0.259 e. The Morgan fingerprint density at radius 3 is 2.71 bits per heavy atom. The molecule has 4 rings (SSSR count). The maximum Gasteiger partial charge on any atom is 0.259 e. The molecule has 0 unspecified atom stereocenters. The van der Waals surface area contributed by atoms with Crippen LogP contribution in [0.3, 0.4) is 0 Å². The van der Waals surface area contributed by atoms with Crippen molar-refractivity contribution in [1.82, 2.24) is 14.7 Å². The molecule has 2 heterocycles. The zero-order chi connectivity index (χ0) is 19.7. The Kier molecular flexibility index (Phi) is 5.09. The van der Waals surface area contributed by atoms with Crippen molar-refractivity contribution < 1.29 is 9.53 Å². The first-order valence-electron chi connectivity index (χ1n) is 9.43. The first-order valence-corrected chi connectivity index (χ1v) is 9.80. The number of benzene rings is 2. The fourth-order valence-electron chi connectivity index (χ4n) is 3.60. The van der Waals surface area contributed by atoms with E-state index in [-0.39, 0.29) is 5.91 Å². The highest BCUT2D eigenvalue weighted by Gasteiger charge is 2.28. The molecular weight excluding hydrogens is 374 g/mol. The number of amides is 1. The Hall–Kier alpha value is -2.79. The first kappa shape index (κ1) is 18.6. The van der Waals surface area contributed by atoms with Gasteiger partial charge in [0.2, 0.25) is 0 Å². The fraction of sp³-hybridized carbons (Fsp3) is 0.273. The lowest BCUT2D eigenvalue weighted by Crippen LogP contribution is -2.36. The molecule has 6 heteroatoms. The van der Waals surface area contributed by atoms with Crippen LogP contribution in [0.25, 0.3) is 5.69 Å². The van der Waals surface area contributed by atoms with E-state index < -0.39 is 0 Å². The summed E-state index contributed by atoms with van der Waals surface area (Å²) in [6, 6.07) is 15.7. The van der Waals surface area contributed by atoms with Gasteiger partial charge in [0.1, 0.15) is 10.9 Å². The lowest BCUT2D eigenvalue weighted by Gasteiger charge is -2.29. The van der Waals surface area contributed by atoms with Crippen LogP contribution < -0.4 is 4.74 Å². The average molecular weight is 396 g/mol. The maximum absolute atomic E-state index is 13.3. The number of hydrogen-bond donors (Lipinski definition) is 0. The zero-order valence-corrected chi connectivity index (χ0v) is 16.7. The van der Waals surface area contributed by atoms with Crippen LogP contribution in [0.4, 0.5) is 0 Å². The second-order valence-corrected chi connectivity index (χ2v) is 7.20. The second-order valence-electron chi connectivity index (χ2n) is 6.84. The summed E-state index contributed by atoms with van der Waals surface area (Å²) < 4.78 is 7.23. The number of fused-ring (bicyclic) bond motifs is 1. The molecule has 0 bridgehead atoms. The molecule has 0 saturated carbocycles. The van der Waals surface area contributed by atoms with Crippen LogP contribution in [0.15, 0.2) is 48.5 Å². The number of aromatic nitrogens is 2. The molecule has 0 radical (unpaired) electrons. The van der Waals surface area contributed by atoms with E-state index in [4.69, 9.17) is 16.3 Å². The molecule has 1 aliphatic heterocycles. The summed E-state index contributed by atoms with van der Waals surface area (Å²) in [5.74, 6) is 0.749. The van der Waals surface area contributed by atoms with Gasteiger partial charge in [-0.25, -0.2) is 4.68 Å². The number of carbonyl (C=O) groups excluding carboxylic acids is 1. The molecule has 0 aliphatic carbocycles. The third-order valence-corrected chi connectivity index (χ3v) is 5.36. The van der Waals surface area contributed by atoms with Crippen LogP contribution in [0.1, 0.15) is 34.1 Å². The van der Waals surface area contributed by atoms with E-state index >= 15 is 0 Å². The molecule has 1 aromatic heterocycles. The second kappa shape index (κ2) is 7.68. The van der Waals surface area contributed by atoms with Gasteiger partial charge in [0.25, 0.3) is 5.91 Å². The fourth-order valence-corrected chi connectivity index (χ4v) is 3.96. The molecule has 0 fully saturated rings. The molecule has 0 saturated heterocycles. The van der Waals surface area contributed by atoms with Gasteiger partial charge in [0.05, 0.1) is 23.6 Å². The van der Waals surface area contributed by atoms with Crippen LogP contribution in [-0.2, 0) is 13.0 Å². The van der Waals surface area contributed by atoms with Gasteiger partial charge in [0.15, 0.2) is 0 Å². The van der Waals surface area contributed by atoms with Crippen molar-refractivity contribution in [1.29, 1.82) is 0 Å². The van der Waals surface area contributed by atoms with Gasteiger partial charge in [-0.15, -0.1) is 0 Å². The Morgan fingerprint density at radius 2 is 1.96 bits per heavy atom. The molecule has 144 valence electrons. The normalized spacial score (nSPS) is 13.3. The molecule has 0 atom stereocenters. The number of ether oxygens (including phenoxy) is 1. The van der Waals surface area contributed by atoms with E-state index in [0.717, 1.165) is 23.4 Å². The highest BCUT2D eigenvalue weighted by Crippen LogP contribution is 2.29. The van der Waals surface area contributed by atoms with E-state index in [0.29, 0.717) is 36.1 Å². The van der Waals surface area contributed by atoms with Crippen LogP contribution in [-0.4, -0.2) is 33.7 Å². The van der Waals surface area contributed by atoms with Crippen molar-refractivity contribution in [2.24, 2.45) is 0 Å². The van der Waals surface area contributed by atoms with E-state index in [1.54, 1.807) is 4.68 Å². The summed E-state index contributed by atoms with van der Waals surface area (Å²) in [7, 11) is 0. The van der Waals surface area contributed by atoms with Crippen LogP contribution >= 0.6 is 11.6 Å². The zero-order valence-electron chi connectivity index (χ0n) is 16.0. The number of para-hydroxylation sites is 1. The van der Waals surface area contributed by atoms with E-state index in [9.17, 15) is 4.79 Å².